The van der Waals surface area contributed by atoms with Crippen molar-refractivity contribution in [1.82, 2.24) is 0 Å². The number of benzene rings is 2. The molecule has 90 valence electrons. The highest BCUT2D eigenvalue weighted by molar-refractivity contribution is 5.92. The zero-order chi connectivity index (χ0) is 12.5. The van der Waals surface area contributed by atoms with Crippen molar-refractivity contribution in [1.29, 1.82) is 0 Å². The third-order valence-corrected chi connectivity index (χ3v) is 3.74. The van der Waals surface area contributed by atoms with Gasteiger partial charge >= 0.3 is 0 Å². The van der Waals surface area contributed by atoms with Gasteiger partial charge in [0, 0.05) is 12.3 Å². The summed E-state index contributed by atoms with van der Waals surface area (Å²) in [6.45, 7) is 2.08. The van der Waals surface area contributed by atoms with E-state index in [1.54, 1.807) is 0 Å². The molecule has 0 spiro atoms. The highest BCUT2D eigenvalue weighted by Gasteiger charge is 2.29. The van der Waals surface area contributed by atoms with Crippen LogP contribution >= 0.6 is 0 Å². The fourth-order valence-electron chi connectivity index (χ4n) is 2.70. The van der Waals surface area contributed by atoms with E-state index < -0.39 is 0 Å². The number of Topliss-reactive ketones (excluding diaryl/α,β-unsaturated/α-hetero) is 1. The van der Waals surface area contributed by atoms with Gasteiger partial charge in [-0.15, -0.1) is 0 Å². The van der Waals surface area contributed by atoms with E-state index in [2.05, 4.69) is 43.3 Å². The van der Waals surface area contributed by atoms with Gasteiger partial charge in [0.1, 0.15) is 5.78 Å². The SMILES string of the molecule is Cc1ccc(CC2C(=O)Cc3ccccc32)cc1. The molecule has 1 atom stereocenters. The van der Waals surface area contributed by atoms with Crippen molar-refractivity contribution >= 4 is 5.78 Å². The van der Waals surface area contributed by atoms with Gasteiger partial charge in [0.2, 0.25) is 0 Å². The van der Waals surface area contributed by atoms with Gasteiger partial charge in [0.15, 0.2) is 0 Å². The number of aryl methyl sites for hydroxylation is 1. The van der Waals surface area contributed by atoms with E-state index in [-0.39, 0.29) is 5.92 Å². The Morgan fingerprint density at radius 2 is 1.78 bits per heavy atom. The quantitative estimate of drug-likeness (QED) is 0.780. The Balaban J connectivity index is 1.89. The van der Waals surface area contributed by atoms with Gasteiger partial charge in [-0.3, -0.25) is 4.79 Å². The number of carbonyl (C=O) groups is 1. The minimum absolute atomic E-state index is 0.0592. The fourth-order valence-corrected chi connectivity index (χ4v) is 2.70. The van der Waals surface area contributed by atoms with E-state index in [1.807, 2.05) is 12.1 Å². The van der Waals surface area contributed by atoms with Gasteiger partial charge in [0.05, 0.1) is 0 Å². The van der Waals surface area contributed by atoms with Crippen LogP contribution in [-0.4, -0.2) is 5.78 Å². The standard InChI is InChI=1S/C17H16O/c1-12-6-8-13(9-7-12)10-16-15-5-3-2-4-14(15)11-17(16)18/h2-9,16H,10-11H2,1H3. The number of ketones is 1. The maximum Gasteiger partial charge on any atom is 0.145 e. The van der Waals surface area contributed by atoms with Gasteiger partial charge < -0.3 is 0 Å². The second-order valence-corrected chi connectivity index (χ2v) is 5.08. The maximum absolute atomic E-state index is 12.1. The number of carbonyl (C=O) groups excluding carboxylic acids is 1. The zero-order valence-corrected chi connectivity index (χ0v) is 10.5. The van der Waals surface area contributed by atoms with Gasteiger partial charge in [-0.25, -0.2) is 0 Å². The lowest BCUT2D eigenvalue weighted by molar-refractivity contribution is -0.119. The van der Waals surface area contributed by atoms with Crippen molar-refractivity contribution in [3.05, 3.63) is 70.8 Å². The van der Waals surface area contributed by atoms with E-state index in [9.17, 15) is 4.79 Å². The molecule has 18 heavy (non-hydrogen) atoms. The van der Waals surface area contributed by atoms with E-state index in [1.165, 1.54) is 22.3 Å². The third kappa shape index (κ3) is 1.97. The number of fused-ring (bicyclic) bond motifs is 1. The second-order valence-electron chi connectivity index (χ2n) is 5.08. The molecule has 1 unspecified atom stereocenters. The molecule has 0 fully saturated rings. The summed E-state index contributed by atoms with van der Waals surface area (Å²) in [5.74, 6) is 0.417. The van der Waals surface area contributed by atoms with Crippen molar-refractivity contribution in [3.8, 4) is 0 Å². The maximum atomic E-state index is 12.1. The molecular weight excluding hydrogens is 220 g/mol. The molecule has 3 rings (SSSR count). The van der Waals surface area contributed by atoms with E-state index in [4.69, 9.17) is 0 Å². The first kappa shape index (κ1) is 11.2. The summed E-state index contributed by atoms with van der Waals surface area (Å²) in [4.78, 5) is 12.1. The molecule has 1 aliphatic rings. The second kappa shape index (κ2) is 4.41. The van der Waals surface area contributed by atoms with Crippen LogP contribution in [-0.2, 0) is 17.6 Å². The van der Waals surface area contributed by atoms with E-state index in [0.29, 0.717) is 12.2 Å². The normalized spacial score (nSPS) is 17.8. The number of hydrogen-bond donors (Lipinski definition) is 0. The summed E-state index contributed by atoms with van der Waals surface area (Å²) in [6, 6.07) is 16.7. The Kier molecular flexibility index (Phi) is 2.75. The molecule has 0 N–H and O–H groups in total. The van der Waals surface area contributed by atoms with Crippen LogP contribution < -0.4 is 0 Å². The predicted molar refractivity (Wildman–Crippen MR) is 72.8 cm³/mol. The first-order valence-electron chi connectivity index (χ1n) is 6.40. The molecule has 0 saturated carbocycles. The molecule has 0 aliphatic heterocycles. The van der Waals surface area contributed by atoms with Crippen LogP contribution in [0.1, 0.15) is 28.2 Å². The Morgan fingerprint density at radius 1 is 1.06 bits per heavy atom. The number of rotatable bonds is 2. The van der Waals surface area contributed by atoms with Gasteiger partial charge in [-0.05, 0) is 30.0 Å². The average molecular weight is 236 g/mol. The molecule has 1 heteroatoms. The largest absolute Gasteiger partial charge is 0.299 e. The molecule has 2 aromatic rings. The lowest BCUT2D eigenvalue weighted by atomic mass is 9.93. The van der Waals surface area contributed by atoms with E-state index >= 15 is 0 Å². The van der Waals surface area contributed by atoms with Crippen molar-refractivity contribution in [3.63, 3.8) is 0 Å². The van der Waals surface area contributed by atoms with E-state index in [0.717, 1.165) is 6.42 Å². The lowest BCUT2D eigenvalue weighted by Crippen LogP contribution is -2.09. The predicted octanol–water partition coefficient (Wildman–Crippen LogP) is 3.45. The summed E-state index contributed by atoms with van der Waals surface area (Å²) >= 11 is 0. The Hall–Kier alpha value is -1.89. The van der Waals surface area contributed by atoms with Gasteiger partial charge in [-0.1, -0.05) is 54.1 Å². The van der Waals surface area contributed by atoms with Crippen LogP contribution in [0, 0.1) is 6.92 Å². The summed E-state index contributed by atoms with van der Waals surface area (Å²) in [5.41, 5.74) is 4.94. The molecule has 0 aromatic heterocycles. The average Bonchev–Trinajstić information content (AvgIpc) is 2.69. The highest BCUT2D eigenvalue weighted by atomic mass is 16.1. The van der Waals surface area contributed by atoms with Gasteiger partial charge in [-0.2, -0.15) is 0 Å². The van der Waals surface area contributed by atoms with Crippen LogP contribution in [0.3, 0.4) is 0 Å². The Bertz CT molecular complexity index is 581. The third-order valence-electron chi connectivity index (χ3n) is 3.74. The monoisotopic (exact) mass is 236 g/mol. The van der Waals surface area contributed by atoms with Gasteiger partial charge in [0.25, 0.3) is 0 Å². The molecule has 2 aromatic carbocycles. The summed E-state index contributed by atoms with van der Waals surface area (Å²) in [6.07, 6.45) is 1.43. The highest BCUT2D eigenvalue weighted by Crippen LogP contribution is 2.32. The minimum atomic E-state index is 0.0592. The molecule has 0 radical (unpaired) electrons. The summed E-state index contributed by atoms with van der Waals surface area (Å²) in [7, 11) is 0. The molecule has 0 bridgehead atoms. The van der Waals surface area contributed by atoms with Crippen LogP contribution in [0.15, 0.2) is 48.5 Å². The Labute approximate surface area is 107 Å². The minimum Gasteiger partial charge on any atom is -0.299 e. The fraction of sp³-hybridized carbons (Fsp3) is 0.235. The number of hydrogen-bond acceptors (Lipinski definition) is 1. The molecule has 0 amide bonds. The molecule has 0 heterocycles. The molecule has 1 nitrogen and oxygen atoms in total. The van der Waals surface area contributed by atoms with Crippen LogP contribution in [0.25, 0.3) is 0 Å². The molecule has 1 aliphatic carbocycles. The first-order valence-corrected chi connectivity index (χ1v) is 6.40. The first-order chi connectivity index (χ1) is 8.74. The van der Waals surface area contributed by atoms with Crippen molar-refractivity contribution in [2.45, 2.75) is 25.7 Å². The van der Waals surface area contributed by atoms with Crippen molar-refractivity contribution in [2.75, 3.05) is 0 Å². The van der Waals surface area contributed by atoms with Crippen molar-refractivity contribution in [2.24, 2.45) is 0 Å². The zero-order valence-electron chi connectivity index (χ0n) is 10.5. The summed E-state index contributed by atoms with van der Waals surface area (Å²) < 4.78 is 0. The molecule has 0 saturated heterocycles. The summed E-state index contributed by atoms with van der Waals surface area (Å²) in [5, 5.41) is 0. The van der Waals surface area contributed by atoms with Crippen LogP contribution in [0.5, 0.6) is 0 Å². The lowest BCUT2D eigenvalue weighted by Gasteiger charge is -2.10. The topological polar surface area (TPSA) is 17.1 Å². The van der Waals surface area contributed by atoms with Crippen molar-refractivity contribution < 1.29 is 4.79 Å². The van der Waals surface area contributed by atoms with Crippen LogP contribution in [0.4, 0.5) is 0 Å². The van der Waals surface area contributed by atoms with Crippen LogP contribution in [0.2, 0.25) is 0 Å². The molecular formula is C17H16O. The Morgan fingerprint density at radius 3 is 2.56 bits per heavy atom. The smallest absolute Gasteiger partial charge is 0.145 e.